The van der Waals surface area contributed by atoms with E-state index in [9.17, 15) is 4.79 Å². The summed E-state index contributed by atoms with van der Waals surface area (Å²) in [5, 5.41) is 11.4. The first-order valence-corrected chi connectivity index (χ1v) is 9.19. The van der Waals surface area contributed by atoms with Gasteiger partial charge in [0.05, 0.1) is 11.8 Å². The van der Waals surface area contributed by atoms with Crippen molar-refractivity contribution >= 4 is 17.4 Å². The molecule has 1 N–H and O–H groups in total. The molecular weight excluding hydrogens is 352 g/mol. The van der Waals surface area contributed by atoms with Crippen LogP contribution in [0.2, 0.25) is 0 Å². The summed E-state index contributed by atoms with van der Waals surface area (Å²) in [5.41, 5.74) is 2.16. The van der Waals surface area contributed by atoms with E-state index in [0.29, 0.717) is 18.1 Å². The van der Waals surface area contributed by atoms with Crippen molar-refractivity contribution in [3.05, 3.63) is 78.0 Å². The molecule has 0 fully saturated rings. The summed E-state index contributed by atoms with van der Waals surface area (Å²) < 4.78 is 5.80. The first-order valence-electron chi connectivity index (χ1n) is 9.19. The van der Waals surface area contributed by atoms with E-state index in [-0.39, 0.29) is 12.0 Å². The highest BCUT2D eigenvalue weighted by Gasteiger charge is 2.14. The molecule has 0 saturated heterocycles. The van der Waals surface area contributed by atoms with Crippen molar-refractivity contribution in [2.24, 2.45) is 0 Å². The number of amides is 1. The third kappa shape index (κ3) is 5.07. The Morgan fingerprint density at radius 1 is 1.00 bits per heavy atom. The number of ether oxygens (including phenoxy) is 1. The summed E-state index contributed by atoms with van der Waals surface area (Å²) >= 11 is 0. The molecule has 6 nitrogen and oxygen atoms in total. The zero-order valence-electron chi connectivity index (χ0n) is 16.3. The van der Waals surface area contributed by atoms with Crippen molar-refractivity contribution in [1.29, 1.82) is 0 Å². The number of nitrogens with zero attached hydrogens (tertiary/aromatic N) is 3. The van der Waals surface area contributed by atoms with Crippen molar-refractivity contribution in [3.8, 4) is 5.75 Å². The van der Waals surface area contributed by atoms with Gasteiger partial charge in [0.1, 0.15) is 5.75 Å². The number of para-hydroxylation sites is 2. The van der Waals surface area contributed by atoms with Gasteiger partial charge in [0.25, 0.3) is 5.91 Å². The van der Waals surface area contributed by atoms with Gasteiger partial charge in [0.15, 0.2) is 11.5 Å². The smallest absolute Gasteiger partial charge is 0.274 e. The quantitative estimate of drug-likeness (QED) is 0.667. The predicted molar refractivity (Wildman–Crippen MR) is 110 cm³/mol. The highest BCUT2D eigenvalue weighted by atomic mass is 16.5. The fourth-order valence-electron chi connectivity index (χ4n) is 2.70. The molecule has 0 aliphatic heterocycles. The molecule has 0 unspecified atom stereocenters. The summed E-state index contributed by atoms with van der Waals surface area (Å²) in [5.74, 6) is 1.11. The van der Waals surface area contributed by atoms with Gasteiger partial charge < -0.3 is 15.0 Å². The average Bonchev–Trinajstić information content (AvgIpc) is 2.70. The van der Waals surface area contributed by atoms with Gasteiger partial charge in [0, 0.05) is 13.6 Å². The molecule has 0 bridgehead atoms. The summed E-state index contributed by atoms with van der Waals surface area (Å²) in [6, 6.07) is 20.9. The van der Waals surface area contributed by atoms with Crippen LogP contribution in [0.3, 0.4) is 0 Å². The Morgan fingerprint density at radius 2 is 1.71 bits per heavy atom. The molecule has 0 aliphatic carbocycles. The maximum absolute atomic E-state index is 12.6. The van der Waals surface area contributed by atoms with Gasteiger partial charge in [-0.1, -0.05) is 42.5 Å². The SMILES string of the molecule is CC(C)Oc1ccccc1Nc1ccc(C(=O)N(C)Cc2ccccc2)nn1. The standard InChI is InChI=1S/C22H24N4O2/c1-16(2)28-20-12-8-7-11-18(20)23-21-14-13-19(24-25-21)22(27)26(3)15-17-9-5-4-6-10-17/h4-14,16H,15H2,1-3H3,(H,23,25). The van der Waals surface area contributed by atoms with Crippen LogP contribution in [0.5, 0.6) is 5.75 Å². The molecule has 3 aromatic rings. The zero-order valence-corrected chi connectivity index (χ0v) is 16.3. The predicted octanol–water partition coefficient (Wildman–Crippen LogP) is 4.28. The van der Waals surface area contributed by atoms with Crippen molar-refractivity contribution in [3.63, 3.8) is 0 Å². The minimum absolute atomic E-state index is 0.0641. The van der Waals surface area contributed by atoms with Crippen LogP contribution in [0.4, 0.5) is 11.5 Å². The summed E-state index contributed by atoms with van der Waals surface area (Å²) in [4.78, 5) is 14.2. The maximum Gasteiger partial charge on any atom is 0.274 e. The van der Waals surface area contributed by atoms with E-state index < -0.39 is 0 Å². The summed E-state index contributed by atoms with van der Waals surface area (Å²) in [6.45, 7) is 4.47. The topological polar surface area (TPSA) is 67.3 Å². The molecule has 2 aromatic carbocycles. The Hall–Kier alpha value is -3.41. The minimum Gasteiger partial charge on any atom is -0.489 e. The Labute approximate surface area is 165 Å². The van der Waals surface area contributed by atoms with Crippen molar-refractivity contribution in [2.75, 3.05) is 12.4 Å². The van der Waals surface area contributed by atoms with E-state index in [1.165, 1.54) is 0 Å². The van der Waals surface area contributed by atoms with Crippen LogP contribution >= 0.6 is 0 Å². The summed E-state index contributed by atoms with van der Waals surface area (Å²) in [7, 11) is 1.75. The Morgan fingerprint density at radius 3 is 2.39 bits per heavy atom. The number of benzene rings is 2. The number of hydrogen-bond acceptors (Lipinski definition) is 5. The van der Waals surface area contributed by atoms with Gasteiger partial charge in [-0.25, -0.2) is 0 Å². The normalized spacial score (nSPS) is 10.6. The molecular formula is C22H24N4O2. The largest absolute Gasteiger partial charge is 0.489 e. The lowest BCUT2D eigenvalue weighted by atomic mass is 10.2. The van der Waals surface area contributed by atoms with Crippen LogP contribution in [0.15, 0.2) is 66.7 Å². The molecule has 0 spiro atoms. The molecule has 144 valence electrons. The monoisotopic (exact) mass is 376 g/mol. The minimum atomic E-state index is -0.175. The number of carbonyl (C=O) groups excluding carboxylic acids is 1. The zero-order chi connectivity index (χ0) is 19.9. The van der Waals surface area contributed by atoms with E-state index >= 15 is 0 Å². The average molecular weight is 376 g/mol. The van der Waals surface area contributed by atoms with E-state index in [4.69, 9.17) is 4.74 Å². The van der Waals surface area contributed by atoms with Crippen LogP contribution in [-0.2, 0) is 6.54 Å². The fraction of sp³-hybridized carbons (Fsp3) is 0.227. The van der Waals surface area contributed by atoms with Gasteiger partial charge in [-0.3, -0.25) is 4.79 Å². The van der Waals surface area contributed by atoms with Crippen LogP contribution in [-0.4, -0.2) is 34.2 Å². The second kappa shape index (κ2) is 8.99. The fourth-order valence-corrected chi connectivity index (χ4v) is 2.70. The lowest BCUT2D eigenvalue weighted by Crippen LogP contribution is -2.27. The number of aromatic nitrogens is 2. The first-order chi connectivity index (χ1) is 13.5. The third-order valence-corrected chi connectivity index (χ3v) is 4.01. The lowest BCUT2D eigenvalue weighted by Gasteiger charge is -2.17. The van der Waals surface area contributed by atoms with E-state index in [1.807, 2.05) is 68.4 Å². The number of anilines is 2. The van der Waals surface area contributed by atoms with E-state index in [2.05, 4.69) is 15.5 Å². The van der Waals surface area contributed by atoms with E-state index in [1.54, 1.807) is 24.1 Å². The molecule has 3 rings (SSSR count). The highest BCUT2D eigenvalue weighted by Crippen LogP contribution is 2.27. The van der Waals surface area contributed by atoms with Gasteiger partial charge in [-0.15, -0.1) is 10.2 Å². The number of nitrogens with one attached hydrogen (secondary N) is 1. The molecule has 28 heavy (non-hydrogen) atoms. The molecule has 0 saturated carbocycles. The number of rotatable bonds is 7. The maximum atomic E-state index is 12.6. The molecule has 6 heteroatoms. The summed E-state index contributed by atoms with van der Waals surface area (Å²) in [6.07, 6.45) is 0.0641. The van der Waals surface area contributed by atoms with Crippen molar-refractivity contribution < 1.29 is 9.53 Å². The van der Waals surface area contributed by atoms with E-state index in [0.717, 1.165) is 17.0 Å². The second-order valence-electron chi connectivity index (χ2n) is 6.74. The molecule has 0 atom stereocenters. The van der Waals surface area contributed by atoms with Crippen LogP contribution in [0.1, 0.15) is 29.9 Å². The molecule has 0 radical (unpaired) electrons. The molecule has 1 amide bonds. The Kier molecular flexibility index (Phi) is 6.22. The van der Waals surface area contributed by atoms with Crippen LogP contribution < -0.4 is 10.1 Å². The first kappa shape index (κ1) is 19.4. The van der Waals surface area contributed by atoms with Crippen molar-refractivity contribution in [1.82, 2.24) is 15.1 Å². The Balaban J connectivity index is 1.67. The molecule has 0 aliphatic rings. The Bertz CT molecular complexity index is 911. The third-order valence-electron chi connectivity index (χ3n) is 4.01. The second-order valence-corrected chi connectivity index (χ2v) is 6.74. The van der Waals surface area contributed by atoms with Gasteiger partial charge in [-0.05, 0) is 43.7 Å². The molecule has 1 aromatic heterocycles. The van der Waals surface area contributed by atoms with Gasteiger partial charge >= 0.3 is 0 Å². The van der Waals surface area contributed by atoms with Crippen LogP contribution in [0.25, 0.3) is 0 Å². The van der Waals surface area contributed by atoms with Crippen LogP contribution in [0, 0.1) is 0 Å². The van der Waals surface area contributed by atoms with Gasteiger partial charge in [-0.2, -0.15) is 0 Å². The molecule has 1 heterocycles. The van der Waals surface area contributed by atoms with Crippen molar-refractivity contribution in [2.45, 2.75) is 26.5 Å². The number of hydrogen-bond donors (Lipinski definition) is 1. The lowest BCUT2D eigenvalue weighted by molar-refractivity contribution is 0.0778. The highest BCUT2D eigenvalue weighted by molar-refractivity contribution is 5.92. The number of carbonyl (C=O) groups is 1. The van der Waals surface area contributed by atoms with Gasteiger partial charge in [0.2, 0.25) is 0 Å².